The van der Waals surface area contributed by atoms with Crippen molar-refractivity contribution in [3.8, 4) is 0 Å². The third kappa shape index (κ3) is 4.81. The Bertz CT molecular complexity index is 215. The molecule has 0 aromatic rings. The number of hydrogen-bond donors (Lipinski definition) is 3. The summed E-state index contributed by atoms with van der Waals surface area (Å²) < 4.78 is 5.08. The van der Waals surface area contributed by atoms with E-state index < -0.39 is 6.03 Å². The normalized spacial score (nSPS) is 27.4. The summed E-state index contributed by atoms with van der Waals surface area (Å²) in [6, 6.07) is 0.768. The van der Waals surface area contributed by atoms with Gasteiger partial charge in [-0.15, -0.1) is 0 Å². The van der Waals surface area contributed by atoms with Crippen LogP contribution in [0.1, 0.15) is 32.6 Å². The Hall–Kier alpha value is -0.810. The molecule has 1 aliphatic carbocycles. The minimum absolute atomic E-state index is 0.258. The number of methoxy groups -OCH3 is 1. The molecule has 94 valence electrons. The largest absolute Gasteiger partial charge is 0.383 e. The molecule has 2 amide bonds. The quantitative estimate of drug-likeness (QED) is 0.646. The van der Waals surface area contributed by atoms with Crippen LogP contribution in [0.15, 0.2) is 0 Å². The fourth-order valence-electron chi connectivity index (χ4n) is 2.31. The topological polar surface area (TPSA) is 76.4 Å². The fraction of sp³-hybridized carbons (Fsp3) is 0.909. The average molecular weight is 229 g/mol. The van der Waals surface area contributed by atoms with Crippen LogP contribution in [-0.2, 0) is 4.74 Å². The van der Waals surface area contributed by atoms with Gasteiger partial charge in [-0.05, 0) is 32.6 Å². The smallest absolute Gasteiger partial charge is 0.312 e. The van der Waals surface area contributed by atoms with E-state index in [1.165, 1.54) is 0 Å². The molecule has 1 rings (SSSR count). The molecule has 1 aliphatic rings. The molecule has 0 spiro atoms. The first kappa shape index (κ1) is 13.3. The molecule has 0 aromatic heterocycles. The van der Waals surface area contributed by atoms with Crippen molar-refractivity contribution in [3.63, 3.8) is 0 Å². The summed E-state index contributed by atoms with van der Waals surface area (Å²) in [6.45, 7) is 2.86. The van der Waals surface area contributed by atoms with Crippen LogP contribution in [0.25, 0.3) is 0 Å². The number of ether oxygens (including phenoxy) is 1. The Morgan fingerprint density at radius 1 is 1.38 bits per heavy atom. The number of carbonyl (C=O) groups excluding carboxylic acids is 1. The van der Waals surface area contributed by atoms with Crippen LogP contribution in [-0.4, -0.2) is 37.9 Å². The Labute approximate surface area is 97.1 Å². The number of primary amides is 1. The second-order valence-electron chi connectivity index (χ2n) is 4.58. The Morgan fingerprint density at radius 3 is 2.44 bits per heavy atom. The number of nitrogens with one attached hydrogen (secondary N) is 2. The van der Waals surface area contributed by atoms with E-state index in [9.17, 15) is 4.79 Å². The Kier molecular flexibility index (Phi) is 5.55. The van der Waals surface area contributed by atoms with Crippen molar-refractivity contribution in [2.24, 2.45) is 5.73 Å². The standard InChI is InChI=1S/C11H23N3O2/c1-8(7-16-2)13-9-3-5-10(6-4-9)14-11(12)15/h8-10,13H,3-7H2,1-2H3,(H3,12,14,15). The lowest BCUT2D eigenvalue weighted by Crippen LogP contribution is -2.46. The summed E-state index contributed by atoms with van der Waals surface area (Å²) in [5.74, 6) is 0. The van der Waals surface area contributed by atoms with E-state index >= 15 is 0 Å². The summed E-state index contributed by atoms with van der Waals surface area (Å²) in [5.41, 5.74) is 5.10. The fourth-order valence-corrected chi connectivity index (χ4v) is 2.31. The van der Waals surface area contributed by atoms with Gasteiger partial charge in [-0.2, -0.15) is 0 Å². The maximum Gasteiger partial charge on any atom is 0.312 e. The van der Waals surface area contributed by atoms with Gasteiger partial charge in [0.2, 0.25) is 0 Å². The van der Waals surface area contributed by atoms with Crippen LogP contribution in [0.2, 0.25) is 0 Å². The van der Waals surface area contributed by atoms with Gasteiger partial charge >= 0.3 is 6.03 Å². The number of rotatable bonds is 5. The highest BCUT2D eigenvalue weighted by molar-refractivity contribution is 5.71. The van der Waals surface area contributed by atoms with Gasteiger partial charge in [-0.3, -0.25) is 0 Å². The van der Waals surface area contributed by atoms with Crippen LogP contribution >= 0.6 is 0 Å². The minimum atomic E-state index is -0.413. The Balaban J connectivity index is 2.18. The van der Waals surface area contributed by atoms with Crippen molar-refractivity contribution >= 4 is 6.03 Å². The van der Waals surface area contributed by atoms with E-state index in [4.69, 9.17) is 10.5 Å². The first-order chi connectivity index (χ1) is 7.61. The lowest BCUT2D eigenvalue weighted by atomic mass is 9.91. The molecule has 0 aromatic carbocycles. The third-order valence-corrected chi connectivity index (χ3v) is 3.01. The second-order valence-corrected chi connectivity index (χ2v) is 4.58. The lowest BCUT2D eigenvalue weighted by molar-refractivity contribution is 0.160. The van der Waals surface area contributed by atoms with Crippen LogP contribution in [0.3, 0.4) is 0 Å². The first-order valence-corrected chi connectivity index (χ1v) is 5.92. The van der Waals surface area contributed by atoms with Crippen molar-refractivity contribution < 1.29 is 9.53 Å². The zero-order valence-electron chi connectivity index (χ0n) is 10.2. The van der Waals surface area contributed by atoms with Gasteiger partial charge in [0.25, 0.3) is 0 Å². The zero-order chi connectivity index (χ0) is 12.0. The van der Waals surface area contributed by atoms with Gasteiger partial charge in [0.1, 0.15) is 0 Å². The monoisotopic (exact) mass is 229 g/mol. The molecule has 1 unspecified atom stereocenters. The molecule has 1 fully saturated rings. The molecule has 0 radical (unpaired) electrons. The summed E-state index contributed by atoms with van der Waals surface area (Å²) in [7, 11) is 1.71. The molecule has 1 atom stereocenters. The highest BCUT2D eigenvalue weighted by Crippen LogP contribution is 2.18. The molecular formula is C11H23N3O2. The van der Waals surface area contributed by atoms with Gasteiger partial charge in [0.05, 0.1) is 6.61 Å². The van der Waals surface area contributed by atoms with Gasteiger partial charge in [0.15, 0.2) is 0 Å². The summed E-state index contributed by atoms with van der Waals surface area (Å²) in [4.78, 5) is 10.7. The van der Waals surface area contributed by atoms with Gasteiger partial charge in [-0.25, -0.2) is 4.79 Å². The van der Waals surface area contributed by atoms with Crippen molar-refractivity contribution in [1.82, 2.24) is 10.6 Å². The maximum atomic E-state index is 10.7. The van der Waals surface area contributed by atoms with E-state index in [2.05, 4.69) is 17.6 Å². The summed E-state index contributed by atoms with van der Waals surface area (Å²) in [6.07, 6.45) is 4.17. The van der Waals surface area contributed by atoms with E-state index in [0.717, 1.165) is 32.3 Å². The summed E-state index contributed by atoms with van der Waals surface area (Å²) in [5, 5.41) is 6.29. The van der Waals surface area contributed by atoms with Crippen LogP contribution in [0.4, 0.5) is 4.79 Å². The number of amides is 2. The number of hydrogen-bond acceptors (Lipinski definition) is 3. The van der Waals surface area contributed by atoms with Crippen molar-refractivity contribution in [1.29, 1.82) is 0 Å². The van der Waals surface area contributed by atoms with Crippen LogP contribution < -0.4 is 16.4 Å². The highest BCUT2D eigenvalue weighted by atomic mass is 16.5. The summed E-state index contributed by atoms with van der Waals surface area (Å²) >= 11 is 0. The molecule has 5 heteroatoms. The zero-order valence-corrected chi connectivity index (χ0v) is 10.2. The highest BCUT2D eigenvalue weighted by Gasteiger charge is 2.22. The van der Waals surface area contributed by atoms with Crippen molar-refractivity contribution in [3.05, 3.63) is 0 Å². The average Bonchev–Trinajstić information content (AvgIpc) is 2.20. The predicted molar refractivity (Wildman–Crippen MR) is 63.2 cm³/mol. The molecule has 5 nitrogen and oxygen atoms in total. The van der Waals surface area contributed by atoms with Gasteiger partial charge < -0.3 is 21.1 Å². The lowest BCUT2D eigenvalue weighted by Gasteiger charge is -2.31. The number of urea groups is 1. The molecule has 0 aliphatic heterocycles. The first-order valence-electron chi connectivity index (χ1n) is 5.92. The molecule has 16 heavy (non-hydrogen) atoms. The van der Waals surface area contributed by atoms with E-state index in [1.807, 2.05) is 0 Å². The maximum absolute atomic E-state index is 10.7. The van der Waals surface area contributed by atoms with Crippen LogP contribution in [0.5, 0.6) is 0 Å². The van der Waals surface area contributed by atoms with Gasteiger partial charge in [-0.1, -0.05) is 0 Å². The second kappa shape index (κ2) is 6.70. The van der Waals surface area contributed by atoms with Crippen molar-refractivity contribution in [2.75, 3.05) is 13.7 Å². The molecule has 0 bridgehead atoms. The number of carbonyl (C=O) groups is 1. The van der Waals surface area contributed by atoms with Gasteiger partial charge in [0, 0.05) is 25.2 Å². The Morgan fingerprint density at radius 2 is 1.94 bits per heavy atom. The molecule has 0 saturated heterocycles. The van der Waals surface area contributed by atoms with Crippen LogP contribution in [0, 0.1) is 0 Å². The van der Waals surface area contributed by atoms with E-state index in [-0.39, 0.29) is 6.04 Å². The molecular weight excluding hydrogens is 206 g/mol. The molecule has 0 heterocycles. The molecule has 1 saturated carbocycles. The SMILES string of the molecule is COCC(C)NC1CCC(NC(N)=O)CC1. The molecule has 4 N–H and O–H groups in total. The minimum Gasteiger partial charge on any atom is -0.383 e. The third-order valence-electron chi connectivity index (χ3n) is 3.01. The van der Waals surface area contributed by atoms with E-state index in [0.29, 0.717) is 12.1 Å². The predicted octanol–water partition coefficient (Wildman–Crippen LogP) is 0.590. The number of nitrogens with two attached hydrogens (primary N) is 1. The van der Waals surface area contributed by atoms with Crippen molar-refractivity contribution in [2.45, 2.75) is 50.7 Å². The van der Waals surface area contributed by atoms with E-state index in [1.54, 1.807) is 7.11 Å².